The van der Waals surface area contributed by atoms with Gasteiger partial charge in [-0.1, -0.05) is 49.8 Å². The minimum atomic E-state index is -0.151. The largest absolute Gasteiger partial charge is 0.444 e. The predicted octanol–water partition coefficient (Wildman–Crippen LogP) is 5.28. The summed E-state index contributed by atoms with van der Waals surface area (Å²) in [4.78, 5) is 20.9. The normalized spacial score (nSPS) is 11.5. The van der Waals surface area contributed by atoms with Crippen molar-refractivity contribution in [1.29, 1.82) is 0 Å². The van der Waals surface area contributed by atoms with Crippen molar-refractivity contribution >= 4 is 34.1 Å². The molecule has 0 saturated heterocycles. The van der Waals surface area contributed by atoms with Crippen LogP contribution in [0.25, 0.3) is 0 Å². The maximum atomic E-state index is 12.3. The fraction of sp³-hybridized carbons (Fsp3) is 0.316. The molecule has 0 aliphatic carbocycles. The van der Waals surface area contributed by atoms with E-state index < -0.39 is 0 Å². The first-order valence-electron chi connectivity index (χ1n) is 8.23. The zero-order chi connectivity index (χ0) is 18.7. The highest BCUT2D eigenvalue weighted by atomic mass is 32.2. The number of benzene rings is 1. The average Bonchev–Trinajstić information content (AvgIpc) is 3.21. The van der Waals surface area contributed by atoms with Gasteiger partial charge in [0.15, 0.2) is 5.13 Å². The third kappa shape index (κ3) is 4.74. The van der Waals surface area contributed by atoms with Crippen molar-refractivity contribution in [1.82, 2.24) is 9.97 Å². The number of amides is 1. The second-order valence-electron chi connectivity index (χ2n) is 6.96. The van der Waals surface area contributed by atoms with Crippen LogP contribution in [-0.4, -0.2) is 15.9 Å². The highest BCUT2D eigenvalue weighted by Gasteiger charge is 2.19. The van der Waals surface area contributed by atoms with Crippen molar-refractivity contribution in [2.45, 2.75) is 43.1 Å². The van der Waals surface area contributed by atoms with Gasteiger partial charge in [0, 0.05) is 11.0 Å². The van der Waals surface area contributed by atoms with Crippen LogP contribution in [0.5, 0.6) is 0 Å². The van der Waals surface area contributed by atoms with E-state index in [0.717, 1.165) is 15.5 Å². The van der Waals surface area contributed by atoms with Crippen LogP contribution in [0.2, 0.25) is 0 Å². The number of carbonyl (C=O) groups is 1. The number of carbonyl (C=O) groups excluding carboxylic acids is 1. The Kier molecular flexibility index (Phi) is 5.48. The summed E-state index contributed by atoms with van der Waals surface area (Å²) in [5.41, 5.74) is 1.63. The van der Waals surface area contributed by atoms with E-state index in [1.165, 1.54) is 11.3 Å². The minimum Gasteiger partial charge on any atom is -0.444 e. The lowest BCUT2D eigenvalue weighted by atomic mass is 9.94. The van der Waals surface area contributed by atoms with Crippen molar-refractivity contribution in [2.24, 2.45) is 0 Å². The minimum absolute atomic E-state index is 0.0480. The summed E-state index contributed by atoms with van der Waals surface area (Å²) in [7, 11) is 0. The van der Waals surface area contributed by atoms with Crippen LogP contribution in [0.1, 0.15) is 48.3 Å². The van der Waals surface area contributed by atoms with E-state index >= 15 is 0 Å². The highest BCUT2D eigenvalue weighted by molar-refractivity contribution is 8.00. The lowest BCUT2D eigenvalue weighted by molar-refractivity contribution is 0.102. The molecule has 0 atom stereocenters. The first-order chi connectivity index (χ1) is 12.3. The van der Waals surface area contributed by atoms with Gasteiger partial charge in [0.05, 0.1) is 22.4 Å². The van der Waals surface area contributed by atoms with Crippen molar-refractivity contribution in [3.8, 4) is 0 Å². The Hall–Kier alpha value is -2.12. The first-order valence-corrected chi connectivity index (χ1v) is 10.0. The van der Waals surface area contributed by atoms with Gasteiger partial charge < -0.3 is 4.42 Å². The molecule has 26 heavy (non-hydrogen) atoms. The van der Waals surface area contributed by atoms with Gasteiger partial charge in [-0.05, 0) is 19.1 Å². The molecule has 0 aliphatic heterocycles. The molecule has 0 aliphatic rings. The summed E-state index contributed by atoms with van der Waals surface area (Å²) in [6.45, 7) is 8.24. The number of aromatic nitrogens is 2. The van der Waals surface area contributed by atoms with Gasteiger partial charge in [0.25, 0.3) is 5.91 Å². The van der Waals surface area contributed by atoms with E-state index in [-0.39, 0.29) is 11.3 Å². The number of aryl methyl sites for hydroxylation is 1. The lowest BCUT2D eigenvalue weighted by Crippen LogP contribution is -2.11. The molecule has 136 valence electrons. The molecule has 0 unspecified atom stereocenters. The molecule has 0 radical (unpaired) electrons. The number of anilines is 1. The summed E-state index contributed by atoms with van der Waals surface area (Å²) in [5.74, 6) is 2.05. The van der Waals surface area contributed by atoms with Crippen LogP contribution in [0.3, 0.4) is 0 Å². The summed E-state index contributed by atoms with van der Waals surface area (Å²) < 4.78 is 6.79. The number of hydrogen-bond donors (Lipinski definition) is 1. The van der Waals surface area contributed by atoms with Gasteiger partial charge in [-0.25, -0.2) is 9.97 Å². The molecule has 1 N–H and O–H groups in total. The molecule has 2 heterocycles. The van der Waals surface area contributed by atoms with Crippen molar-refractivity contribution < 1.29 is 9.21 Å². The molecule has 0 saturated carbocycles. The van der Waals surface area contributed by atoms with Crippen molar-refractivity contribution in [2.75, 3.05) is 5.32 Å². The topological polar surface area (TPSA) is 68.0 Å². The van der Waals surface area contributed by atoms with Crippen LogP contribution < -0.4 is 5.32 Å². The second kappa shape index (κ2) is 7.63. The van der Waals surface area contributed by atoms with Gasteiger partial charge >= 0.3 is 0 Å². The standard InChI is InChI=1S/C19H21N3O2S2/c1-12-6-5-7-13(8-12)17(23)22-18-21-10-16(26-18)25-11-15-20-9-14(24-15)19(2,3)4/h5-10H,11H2,1-4H3,(H,21,22,23). The Morgan fingerprint density at radius 2 is 2.08 bits per heavy atom. The smallest absolute Gasteiger partial charge is 0.257 e. The SMILES string of the molecule is Cc1cccc(C(=O)Nc2ncc(SCc3ncc(C(C)(C)C)o3)s2)c1. The maximum absolute atomic E-state index is 12.3. The van der Waals surface area contributed by atoms with Crippen LogP contribution in [0, 0.1) is 6.92 Å². The number of oxazole rings is 1. The number of nitrogens with zero attached hydrogens (tertiary/aromatic N) is 2. The molecule has 7 heteroatoms. The zero-order valence-corrected chi connectivity index (χ0v) is 16.8. The first kappa shape index (κ1) is 18.7. The number of thioether (sulfide) groups is 1. The molecule has 5 nitrogen and oxygen atoms in total. The molecule has 0 fully saturated rings. The van der Waals surface area contributed by atoms with Gasteiger partial charge in [0.1, 0.15) is 5.76 Å². The highest BCUT2D eigenvalue weighted by Crippen LogP contribution is 2.32. The summed E-state index contributed by atoms with van der Waals surface area (Å²) in [6, 6.07) is 7.48. The van der Waals surface area contributed by atoms with Crippen LogP contribution >= 0.6 is 23.1 Å². The van der Waals surface area contributed by atoms with Crippen LogP contribution in [-0.2, 0) is 11.2 Å². The van der Waals surface area contributed by atoms with E-state index in [0.29, 0.717) is 22.3 Å². The Morgan fingerprint density at radius 1 is 1.27 bits per heavy atom. The van der Waals surface area contributed by atoms with E-state index in [9.17, 15) is 4.79 Å². The summed E-state index contributed by atoms with van der Waals surface area (Å²) in [5, 5.41) is 3.43. The fourth-order valence-corrected chi connectivity index (χ4v) is 3.92. The van der Waals surface area contributed by atoms with E-state index in [2.05, 4.69) is 36.1 Å². The number of rotatable bonds is 5. The summed E-state index contributed by atoms with van der Waals surface area (Å²) in [6.07, 6.45) is 3.55. The molecule has 2 aromatic heterocycles. The molecule has 1 aromatic carbocycles. The Labute approximate surface area is 161 Å². The van der Waals surface area contributed by atoms with E-state index in [1.54, 1.807) is 30.2 Å². The van der Waals surface area contributed by atoms with E-state index in [4.69, 9.17) is 4.42 Å². The Bertz CT molecular complexity index is 909. The molecule has 1 amide bonds. The zero-order valence-electron chi connectivity index (χ0n) is 15.2. The molecule has 3 aromatic rings. The Morgan fingerprint density at radius 3 is 2.77 bits per heavy atom. The van der Waals surface area contributed by atoms with Crippen LogP contribution in [0.4, 0.5) is 5.13 Å². The number of thiazole rings is 1. The third-order valence-corrected chi connectivity index (χ3v) is 5.71. The molecule has 3 rings (SSSR count). The van der Waals surface area contributed by atoms with Gasteiger partial charge in [-0.3, -0.25) is 10.1 Å². The lowest BCUT2D eigenvalue weighted by Gasteiger charge is -2.12. The fourth-order valence-electron chi connectivity index (χ4n) is 2.20. The summed E-state index contributed by atoms with van der Waals surface area (Å²) >= 11 is 3.03. The number of hydrogen-bond acceptors (Lipinski definition) is 6. The monoisotopic (exact) mass is 387 g/mol. The molecule has 0 bridgehead atoms. The van der Waals surface area contributed by atoms with Gasteiger partial charge in [-0.2, -0.15) is 0 Å². The van der Waals surface area contributed by atoms with Gasteiger partial charge in [-0.15, -0.1) is 11.8 Å². The van der Waals surface area contributed by atoms with Crippen LogP contribution in [0.15, 0.2) is 45.3 Å². The average molecular weight is 388 g/mol. The predicted molar refractivity (Wildman–Crippen MR) is 106 cm³/mol. The third-order valence-electron chi connectivity index (χ3n) is 3.62. The molecule has 0 spiro atoms. The second-order valence-corrected chi connectivity index (χ2v) is 9.27. The van der Waals surface area contributed by atoms with Crippen molar-refractivity contribution in [3.63, 3.8) is 0 Å². The van der Waals surface area contributed by atoms with Gasteiger partial charge in [0.2, 0.25) is 5.89 Å². The maximum Gasteiger partial charge on any atom is 0.257 e. The van der Waals surface area contributed by atoms with Crippen molar-refractivity contribution in [3.05, 3.63) is 59.4 Å². The number of nitrogens with one attached hydrogen (secondary N) is 1. The molecular formula is C19H21N3O2S2. The quantitative estimate of drug-likeness (QED) is 0.603. The Balaban J connectivity index is 1.58. The molecular weight excluding hydrogens is 366 g/mol. The van der Waals surface area contributed by atoms with E-state index in [1.807, 2.05) is 25.1 Å².